The maximum absolute atomic E-state index is 12.7. The summed E-state index contributed by atoms with van der Waals surface area (Å²) in [6.45, 7) is 1.63. The second-order valence-electron chi connectivity index (χ2n) is 5.41. The van der Waals surface area contributed by atoms with Gasteiger partial charge in [0.05, 0.1) is 12.6 Å². The molecule has 2 atom stereocenters. The molecule has 0 radical (unpaired) electrons. The minimum Gasteiger partial charge on any atom is -0.394 e. The van der Waals surface area contributed by atoms with Crippen molar-refractivity contribution in [3.8, 4) is 0 Å². The van der Waals surface area contributed by atoms with Crippen LogP contribution >= 0.6 is 0 Å². The quantitative estimate of drug-likeness (QED) is 0.867. The van der Waals surface area contributed by atoms with Crippen LogP contribution in [0.4, 0.5) is 5.95 Å². The summed E-state index contributed by atoms with van der Waals surface area (Å²) in [7, 11) is 0. The Kier molecular flexibility index (Phi) is 3.82. The zero-order valence-corrected chi connectivity index (χ0v) is 11.5. The molecule has 108 valence electrons. The van der Waals surface area contributed by atoms with Crippen molar-refractivity contribution >= 4 is 11.9 Å². The third-order valence-electron chi connectivity index (χ3n) is 4.22. The van der Waals surface area contributed by atoms with E-state index in [0.29, 0.717) is 5.95 Å². The van der Waals surface area contributed by atoms with E-state index in [1.165, 1.54) is 0 Å². The predicted octanol–water partition coefficient (Wildman–Crippen LogP) is 0.429. The molecule has 2 fully saturated rings. The summed E-state index contributed by atoms with van der Waals surface area (Å²) in [5.41, 5.74) is 0. The van der Waals surface area contributed by atoms with Gasteiger partial charge >= 0.3 is 0 Å². The average molecular weight is 276 g/mol. The van der Waals surface area contributed by atoms with Crippen molar-refractivity contribution in [3.05, 3.63) is 18.5 Å². The number of aromatic nitrogens is 2. The van der Waals surface area contributed by atoms with Crippen LogP contribution in [0.25, 0.3) is 0 Å². The smallest absolute Gasteiger partial charge is 0.245 e. The number of hydrogen-bond donors (Lipinski definition) is 1. The Morgan fingerprint density at radius 3 is 2.75 bits per heavy atom. The van der Waals surface area contributed by atoms with Crippen LogP contribution in [0.15, 0.2) is 18.5 Å². The molecule has 2 aliphatic rings. The Balaban J connectivity index is 1.77. The van der Waals surface area contributed by atoms with E-state index in [9.17, 15) is 9.90 Å². The SMILES string of the molecule is O=C(C1CCCN1c1ncccn1)N1CCCC1CO. The molecule has 6 nitrogen and oxygen atoms in total. The van der Waals surface area contributed by atoms with Crippen molar-refractivity contribution < 1.29 is 9.90 Å². The lowest BCUT2D eigenvalue weighted by Crippen LogP contribution is -2.48. The second kappa shape index (κ2) is 5.75. The van der Waals surface area contributed by atoms with E-state index in [1.54, 1.807) is 18.5 Å². The topological polar surface area (TPSA) is 69.6 Å². The Morgan fingerprint density at radius 1 is 1.25 bits per heavy atom. The van der Waals surface area contributed by atoms with Gasteiger partial charge in [0, 0.05) is 25.5 Å². The molecule has 3 rings (SSSR count). The van der Waals surface area contributed by atoms with Gasteiger partial charge in [0.2, 0.25) is 11.9 Å². The standard InChI is InChI=1S/C14H20N4O2/c19-10-11-4-1-8-17(11)13(20)12-5-2-9-18(12)14-15-6-3-7-16-14/h3,6-7,11-12,19H,1-2,4-5,8-10H2. The minimum atomic E-state index is -0.176. The molecule has 0 aromatic carbocycles. The van der Waals surface area contributed by atoms with Crippen molar-refractivity contribution in [3.63, 3.8) is 0 Å². The zero-order valence-electron chi connectivity index (χ0n) is 11.5. The highest BCUT2D eigenvalue weighted by Crippen LogP contribution is 2.26. The van der Waals surface area contributed by atoms with Gasteiger partial charge in [0.1, 0.15) is 6.04 Å². The first kappa shape index (κ1) is 13.3. The Bertz CT molecular complexity index is 468. The molecule has 20 heavy (non-hydrogen) atoms. The molecule has 2 aliphatic heterocycles. The van der Waals surface area contributed by atoms with E-state index in [2.05, 4.69) is 9.97 Å². The normalized spacial score (nSPS) is 26.2. The summed E-state index contributed by atoms with van der Waals surface area (Å²) in [5, 5.41) is 9.38. The van der Waals surface area contributed by atoms with E-state index >= 15 is 0 Å². The van der Waals surface area contributed by atoms with Gasteiger partial charge in [-0.1, -0.05) is 0 Å². The van der Waals surface area contributed by atoms with Gasteiger partial charge in [0.25, 0.3) is 0 Å². The number of carbonyl (C=O) groups is 1. The van der Waals surface area contributed by atoms with Gasteiger partial charge in [-0.2, -0.15) is 0 Å². The fourth-order valence-electron chi connectivity index (χ4n) is 3.21. The second-order valence-corrected chi connectivity index (χ2v) is 5.41. The molecule has 1 N–H and O–H groups in total. The Labute approximate surface area is 118 Å². The third-order valence-corrected chi connectivity index (χ3v) is 4.22. The first-order valence-corrected chi connectivity index (χ1v) is 7.26. The van der Waals surface area contributed by atoms with Crippen LogP contribution in [-0.4, -0.2) is 57.7 Å². The molecule has 1 aromatic heterocycles. The molecule has 0 bridgehead atoms. The van der Waals surface area contributed by atoms with Crippen molar-refractivity contribution in [1.29, 1.82) is 0 Å². The number of nitrogens with zero attached hydrogens (tertiary/aromatic N) is 4. The van der Waals surface area contributed by atoms with Crippen molar-refractivity contribution in [2.75, 3.05) is 24.6 Å². The van der Waals surface area contributed by atoms with Crippen LogP contribution in [0, 0.1) is 0 Å². The van der Waals surface area contributed by atoms with E-state index < -0.39 is 0 Å². The number of rotatable bonds is 3. The number of hydrogen-bond acceptors (Lipinski definition) is 5. The molecule has 2 unspecified atom stereocenters. The molecule has 0 aliphatic carbocycles. The number of anilines is 1. The van der Waals surface area contributed by atoms with Gasteiger partial charge in [-0.3, -0.25) is 4.79 Å². The molecule has 1 amide bonds. The number of carbonyl (C=O) groups excluding carboxylic acids is 1. The van der Waals surface area contributed by atoms with Crippen molar-refractivity contribution in [1.82, 2.24) is 14.9 Å². The Hall–Kier alpha value is -1.69. The van der Waals surface area contributed by atoms with Crippen LogP contribution in [-0.2, 0) is 4.79 Å². The third kappa shape index (κ3) is 2.35. The monoisotopic (exact) mass is 276 g/mol. The summed E-state index contributed by atoms with van der Waals surface area (Å²) in [5.74, 6) is 0.745. The van der Waals surface area contributed by atoms with Crippen molar-refractivity contribution in [2.45, 2.75) is 37.8 Å². The molecule has 0 spiro atoms. The molecule has 3 heterocycles. The van der Waals surface area contributed by atoms with Crippen LogP contribution in [0.1, 0.15) is 25.7 Å². The van der Waals surface area contributed by atoms with E-state index in [-0.39, 0.29) is 24.6 Å². The van der Waals surface area contributed by atoms with E-state index in [1.807, 2.05) is 9.80 Å². The molecule has 0 saturated carbocycles. The first-order valence-electron chi connectivity index (χ1n) is 7.26. The van der Waals surface area contributed by atoms with Crippen LogP contribution in [0.5, 0.6) is 0 Å². The number of aliphatic hydroxyl groups is 1. The van der Waals surface area contributed by atoms with Crippen LogP contribution in [0.2, 0.25) is 0 Å². The van der Waals surface area contributed by atoms with Gasteiger partial charge in [-0.15, -0.1) is 0 Å². The van der Waals surface area contributed by atoms with E-state index in [0.717, 1.165) is 38.8 Å². The summed E-state index contributed by atoms with van der Waals surface area (Å²) in [4.78, 5) is 25.1. The first-order chi connectivity index (χ1) is 9.81. The maximum Gasteiger partial charge on any atom is 0.245 e. The van der Waals surface area contributed by atoms with Crippen molar-refractivity contribution in [2.24, 2.45) is 0 Å². The highest BCUT2D eigenvalue weighted by atomic mass is 16.3. The van der Waals surface area contributed by atoms with Gasteiger partial charge in [-0.25, -0.2) is 9.97 Å². The summed E-state index contributed by atoms with van der Waals surface area (Å²) < 4.78 is 0. The molecular weight excluding hydrogens is 256 g/mol. The lowest BCUT2D eigenvalue weighted by atomic mass is 10.1. The fraction of sp³-hybridized carbons (Fsp3) is 0.643. The summed E-state index contributed by atoms with van der Waals surface area (Å²) in [6, 6.07) is 1.59. The molecule has 1 aromatic rings. The van der Waals surface area contributed by atoms with Gasteiger partial charge in [-0.05, 0) is 31.7 Å². The fourth-order valence-corrected chi connectivity index (χ4v) is 3.21. The maximum atomic E-state index is 12.7. The lowest BCUT2D eigenvalue weighted by Gasteiger charge is -2.30. The summed E-state index contributed by atoms with van der Waals surface area (Å²) >= 11 is 0. The predicted molar refractivity (Wildman–Crippen MR) is 74.2 cm³/mol. The van der Waals surface area contributed by atoms with Crippen LogP contribution in [0.3, 0.4) is 0 Å². The Morgan fingerprint density at radius 2 is 2.00 bits per heavy atom. The van der Waals surface area contributed by atoms with Gasteiger partial charge < -0.3 is 14.9 Å². The van der Waals surface area contributed by atoms with Crippen LogP contribution < -0.4 is 4.90 Å². The molecular formula is C14H20N4O2. The minimum absolute atomic E-state index is 0.0124. The molecule has 6 heteroatoms. The largest absolute Gasteiger partial charge is 0.394 e. The summed E-state index contributed by atoms with van der Waals surface area (Å²) in [6.07, 6.45) is 7.10. The van der Waals surface area contributed by atoms with Gasteiger partial charge in [0.15, 0.2) is 0 Å². The molecule has 2 saturated heterocycles. The zero-order chi connectivity index (χ0) is 13.9. The van der Waals surface area contributed by atoms with E-state index in [4.69, 9.17) is 0 Å². The number of aliphatic hydroxyl groups excluding tert-OH is 1. The highest BCUT2D eigenvalue weighted by molar-refractivity contribution is 5.85. The number of amides is 1. The average Bonchev–Trinajstić information content (AvgIpc) is 3.16. The highest BCUT2D eigenvalue weighted by Gasteiger charge is 2.38. The number of likely N-dealkylation sites (tertiary alicyclic amines) is 1. The lowest BCUT2D eigenvalue weighted by molar-refractivity contribution is -0.133.